The van der Waals surface area contributed by atoms with Gasteiger partial charge in [-0.2, -0.15) is 0 Å². The molecule has 1 aliphatic rings. The molecular formula is C34H43N3O13. The van der Waals surface area contributed by atoms with E-state index >= 15 is 0 Å². The zero-order chi connectivity index (χ0) is 37.3. The van der Waals surface area contributed by atoms with Crippen LogP contribution in [0.2, 0.25) is 0 Å². The minimum absolute atomic E-state index is 0.0407. The van der Waals surface area contributed by atoms with Gasteiger partial charge in [-0.05, 0) is 37.0 Å². The summed E-state index contributed by atoms with van der Waals surface area (Å²) in [7, 11) is 0. The Morgan fingerprint density at radius 2 is 1.50 bits per heavy atom. The number of aromatic nitrogens is 2. The number of ether oxygens (including phenoxy) is 6. The lowest BCUT2D eigenvalue weighted by Crippen LogP contribution is -2.63. The van der Waals surface area contributed by atoms with Crippen molar-refractivity contribution in [1.29, 1.82) is 0 Å². The van der Waals surface area contributed by atoms with Crippen LogP contribution in [0.3, 0.4) is 0 Å². The van der Waals surface area contributed by atoms with Crippen LogP contribution < -0.4 is 10.1 Å². The summed E-state index contributed by atoms with van der Waals surface area (Å²) < 4.78 is 33.9. The maximum atomic E-state index is 12.2. The van der Waals surface area contributed by atoms with Crippen LogP contribution in [0.25, 0.3) is 6.08 Å². The zero-order valence-corrected chi connectivity index (χ0v) is 29.1. The summed E-state index contributed by atoms with van der Waals surface area (Å²) in [5.41, 5.74) is 1.44. The molecule has 0 saturated carbocycles. The van der Waals surface area contributed by atoms with E-state index in [1.807, 2.05) is 26.0 Å². The molecular weight excluding hydrogens is 658 g/mol. The Balaban J connectivity index is 1.94. The van der Waals surface area contributed by atoms with E-state index in [-0.39, 0.29) is 11.8 Å². The predicted molar refractivity (Wildman–Crippen MR) is 173 cm³/mol. The average molecular weight is 702 g/mol. The van der Waals surface area contributed by atoms with Crippen LogP contribution >= 0.6 is 0 Å². The van der Waals surface area contributed by atoms with E-state index in [1.54, 1.807) is 18.2 Å². The molecule has 1 aliphatic heterocycles. The van der Waals surface area contributed by atoms with E-state index in [9.17, 15) is 33.9 Å². The topological polar surface area (TPSA) is 219 Å². The summed E-state index contributed by atoms with van der Waals surface area (Å²) in [4.78, 5) is 71.7. The van der Waals surface area contributed by atoms with Gasteiger partial charge < -0.3 is 38.8 Å². The number of hydrogen-bond donors (Lipinski definition) is 3. The largest absolute Gasteiger partial charge is 0.480 e. The van der Waals surface area contributed by atoms with Crippen molar-refractivity contribution in [3.63, 3.8) is 0 Å². The first kappa shape index (κ1) is 39.2. The maximum absolute atomic E-state index is 12.2. The first-order valence-electron chi connectivity index (χ1n) is 15.7. The van der Waals surface area contributed by atoms with Gasteiger partial charge in [-0.1, -0.05) is 38.1 Å². The van der Waals surface area contributed by atoms with Crippen molar-refractivity contribution in [3.05, 3.63) is 52.7 Å². The third kappa shape index (κ3) is 10.9. The summed E-state index contributed by atoms with van der Waals surface area (Å²) in [6.07, 6.45) is -3.76. The van der Waals surface area contributed by atoms with Gasteiger partial charge in [0.05, 0.1) is 0 Å². The molecule has 3 N–H and O–H groups in total. The van der Waals surface area contributed by atoms with Gasteiger partial charge >= 0.3 is 29.8 Å². The molecule has 1 saturated heterocycles. The molecule has 50 heavy (non-hydrogen) atoms. The standard InChI is InChI=1S/C34H43N3O13/c1-17(2)27-24(15-23-11-9-22(10-12-23)13-14-26(42)35-34(7,8)33(43)44)31(37-36-27)50-32-30(48-21(6)41)29(47-20(5)40)28(46-19(4)39)25(49-32)16-45-18(3)38/h9-14,17,25,28-30,32H,15-16H2,1-8H3,(H,35,42)(H,36,37)(H,43,44)/b14-13+/t25-,28-,29+,30-,32+/m1/s1. The molecule has 5 atom stereocenters. The summed E-state index contributed by atoms with van der Waals surface area (Å²) in [6.45, 7) is 10.8. The molecule has 1 aromatic heterocycles. The number of carboxylic acid groups (broad SMARTS) is 1. The number of carbonyl (C=O) groups excluding carboxylic acids is 5. The fraction of sp³-hybridized carbons (Fsp3) is 0.500. The van der Waals surface area contributed by atoms with Crippen molar-refractivity contribution >= 4 is 41.8 Å². The molecule has 0 bridgehead atoms. The van der Waals surface area contributed by atoms with Gasteiger partial charge in [-0.3, -0.25) is 29.1 Å². The van der Waals surface area contributed by atoms with Crippen LogP contribution in [-0.4, -0.2) is 93.9 Å². The predicted octanol–water partition coefficient (Wildman–Crippen LogP) is 2.58. The van der Waals surface area contributed by atoms with E-state index in [2.05, 4.69) is 15.5 Å². The van der Waals surface area contributed by atoms with Gasteiger partial charge in [-0.25, -0.2) is 4.79 Å². The van der Waals surface area contributed by atoms with Crippen LogP contribution in [0.5, 0.6) is 5.88 Å². The Morgan fingerprint density at radius 1 is 0.920 bits per heavy atom. The molecule has 3 rings (SSSR count). The Bertz CT molecular complexity index is 1600. The molecule has 2 heterocycles. The zero-order valence-electron chi connectivity index (χ0n) is 29.1. The third-order valence-corrected chi connectivity index (χ3v) is 7.37. The van der Waals surface area contributed by atoms with Gasteiger partial charge in [0.1, 0.15) is 18.2 Å². The Morgan fingerprint density at radius 3 is 2.04 bits per heavy atom. The molecule has 0 spiro atoms. The summed E-state index contributed by atoms with van der Waals surface area (Å²) in [5.74, 6) is -4.65. The number of H-pyrrole nitrogens is 1. The number of nitrogens with one attached hydrogen (secondary N) is 2. The molecule has 16 nitrogen and oxygen atoms in total. The molecule has 272 valence electrons. The van der Waals surface area contributed by atoms with Crippen LogP contribution in [0.15, 0.2) is 30.3 Å². The van der Waals surface area contributed by atoms with Crippen molar-refractivity contribution in [2.75, 3.05) is 6.61 Å². The number of aromatic amines is 1. The average Bonchev–Trinajstić information content (AvgIpc) is 3.39. The van der Waals surface area contributed by atoms with Gasteiger partial charge in [0, 0.05) is 51.4 Å². The highest BCUT2D eigenvalue weighted by molar-refractivity contribution is 5.95. The fourth-order valence-electron chi connectivity index (χ4n) is 5.03. The highest BCUT2D eigenvalue weighted by Gasteiger charge is 2.53. The van der Waals surface area contributed by atoms with E-state index in [0.29, 0.717) is 17.5 Å². The molecule has 16 heteroatoms. The first-order chi connectivity index (χ1) is 23.4. The number of rotatable bonds is 14. The van der Waals surface area contributed by atoms with Crippen molar-refractivity contribution in [3.8, 4) is 5.88 Å². The van der Waals surface area contributed by atoms with Gasteiger partial charge in [0.15, 0.2) is 12.2 Å². The second kappa shape index (κ2) is 16.9. The van der Waals surface area contributed by atoms with E-state index in [1.165, 1.54) is 26.8 Å². The summed E-state index contributed by atoms with van der Waals surface area (Å²) in [5, 5.41) is 19.0. The monoisotopic (exact) mass is 701 g/mol. The Kier molecular flexibility index (Phi) is 13.3. The molecule has 0 aliphatic carbocycles. The summed E-state index contributed by atoms with van der Waals surface area (Å²) >= 11 is 0. The number of hydrogen-bond acceptors (Lipinski definition) is 13. The van der Waals surface area contributed by atoms with Crippen molar-refractivity contribution in [2.24, 2.45) is 0 Å². The van der Waals surface area contributed by atoms with E-state index in [0.717, 1.165) is 32.0 Å². The summed E-state index contributed by atoms with van der Waals surface area (Å²) in [6, 6.07) is 7.20. The SMILES string of the molecule is CC(=O)OC[C@H]1O[C@@H](Oc2n[nH]c(C(C)C)c2Cc2ccc(/C=C/C(=O)NC(C)(C)C(=O)O)cc2)[C@H](OC(C)=O)[C@@H](OC(C)=O)[C@@H]1OC(C)=O. The lowest BCUT2D eigenvalue weighted by Gasteiger charge is -2.43. The molecule has 1 amide bonds. The fourth-order valence-corrected chi connectivity index (χ4v) is 5.03. The van der Waals surface area contributed by atoms with Gasteiger partial charge in [0.2, 0.25) is 24.2 Å². The first-order valence-corrected chi connectivity index (χ1v) is 15.7. The normalized spacial score (nSPS) is 20.5. The molecule has 1 aromatic carbocycles. The smallest absolute Gasteiger partial charge is 0.328 e. The lowest BCUT2D eigenvalue weighted by molar-refractivity contribution is -0.289. The van der Waals surface area contributed by atoms with E-state index in [4.69, 9.17) is 28.4 Å². The number of carboxylic acids is 1. The van der Waals surface area contributed by atoms with Crippen LogP contribution in [-0.2, 0) is 58.9 Å². The number of aliphatic carboxylic acids is 1. The number of amides is 1. The highest BCUT2D eigenvalue weighted by atomic mass is 16.7. The number of nitrogens with zero attached hydrogens (tertiary/aromatic N) is 1. The minimum atomic E-state index is -1.47. The van der Waals surface area contributed by atoms with Crippen molar-refractivity contribution in [2.45, 2.75) is 104 Å². The number of esters is 4. The lowest BCUT2D eigenvalue weighted by atomic mass is 9.97. The molecule has 1 fully saturated rings. The van der Waals surface area contributed by atoms with Crippen LogP contribution in [0.1, 0.15) is 83.7 Å². The molecule has 0 radical (unpaired) electrons. The van der Waals surface area contributed by atoms with Gasteiger partial charge in [0.25, 0.3) is 0 Å². The number of benzene rings is 1. The third-order valence-electron chi connectivity index (χ3n) is 7.37. The number of carbonyl (C=O) groups is 6. The van der Waals surface area contributed by atoms with Crippen molar-refractivity contribution < 1.29 is 62.3 Å². The molecule has 0 unspecified atom stereocenters. The van der Waals surface area contributed by atoms with E-state index < -0.39 is 78.6 Å². The quantitative estimate of drug-likeness (QED) is 0.147. The Hall–Kier alpha value is -5.25. The van der Waals surface area contributed by atoms with Gasteiger partial charge in [-0.15, -0.1) is 5.10 Å². The second-order valence-corrected chi connectivity index (χ2v) is 12.4. The highest BCUT2D eigenvalue weighted by Crippen LogP contribution is 2.34. The Labute approximate surface area is 288 Å². The van der Waals surface area contributed by atoms with Crippen LogP contribution in [0.4, 0.5) is 0 Å². The van der Waals surface area contributed by atoms with Crippen LogP contribution in [0, 0.1) is 0 Å². The van der Waals surface area contributed by atoms with Crippen molar-refractivity contribution in [1.82, 2.24) is 15.5 Å². The molecule has 2 aromatic rings. The second-order valence-electron chi connectivity index (χ2n) is 12.4. The maximum Gasteiger partial charge on any atom is 0.328 e. The minimum Gasteiger partial charge on any atom is -0.480 e.